The Balaban J connectivity index is 0.00000144. The van der Waals surface area contributed by atoms with Crippen LogP contribution in [0, 0.1) is 5.82 Å². The molecule has 0 saturated carbocycles. The van der Waals surface area contributed by atoms with E-state index in [2.05, 4.69) is 4.98 Å². The fourth-order valence-corrected chi connectivity index (χ4v) is 0.820. The zero-order valence-corrected chi connectivity index (χ0v) is 8.10. The summed E-state index contributed by atoms with van der Waals surface area (Å²) in [5.74, 6) is -0.422. The average molecular weight is 207 g/mol. The number of nitrogens with two attached hydrogens (primary N) is 1. The standard InChI is InChI=1S/C8H11FN2O.ClH/c1-2-12-8-7(9)3-6(4-10)5-11-8;/h3,5H,2,4,10H2,1H3;1H. The Morgan fingerprint density at radius 3 is 2.77 bits per heavy atom. The zero-order valence-electron chi connectivity index (χ0n) is 7.29. The predicted molar refractivity (Wildman–Crippen MR) is 50.5 cm³/mol. The lowest BCUT2D eigenvalue weighted by atomic mass is 10.3. The van der Waals surface area contributed by atoms with Crippen molar-refractivity contribution in [3.8, 4) is 5.88 Å². The minimum atomic E-state index is -0.459. The number of ether oxygens (including phenoxy) is 1. The molecule has 0 unspecified atom stereocenters. The normalized spacial score (nSPS) is 9.15. The molecular formula is C8H12ClFN2O. The highest BCUT2D eigenvalue weighted by Gasteiger charge is 2.04. The molecule has 0 aliphatic carbocycles. The summed E-state index contributed by atoms with van der Waals surface area (Å²) in [5, 5.41) is 0. The number of aromatic nitrogens is 1. The molecule has 0 aliphatic heterocycles. The van der Waals surface area contributed by atoms with Gasteiger partial charge in [-0.3, -0.25) is 0 Å². The lowest BCUT2D eigenvalue weighted by Crippen LogP contribution is -2.01. The summed E-state index contributed by atoms with van der Waals surface area (Å²) in [6, 6.07) is 1.33. The first kappa shape index (κ1) is 12.1. The van der Waals surface area contributed by atoms with Gasteiger partial charge in [-0.2, -0.15) is 0 Å². The molecule has 0 aliphatic rings. The van der Waals surface area contributed by atoms with Crippen molar-refractivity contribution in [2.24, 2.45) is 5.73 Å². The van der Waals surface area contributed by atoms with Crippen molar-refractivity contribution < 1.29 is 9.13 Å². The molecule has 13 heavy (non-hydrogen) atoms. The summed E-state index contributed by atoms with van der Waals surface area (Å²) < 4.78 is 17.9. The Bertz CT molecular complexity index is 270. The van der Waals surface area contributed by atoms with Gasteiger partial charge in [0.25, 0.3) is 0 Å². The smallest absolute Gasteiger partial charge is 0.250 e. The number of halogens is 2. The summed E-state index contributed by atoms with van der Waals surface area (Å²) in [5.41, 5.74) is 5.96. The van der Waals surface area contributed by atoms with Crippen LogP contribution < -0.4 is 10.5 Å². The van der Waals surface area contributed by atoms with E-state index in [0.717, 1.165) is 0 Å². The molecular weight excluding hydrogens is 195 g/mol. The first-order valence-electron chi connectivity index (χ1n) is 3.75. The van der Waals surface area contributed by atoms with Gasteiger partial charge in [0, 0.05) is 12.7 Å². The van der Waals surface area contributed by atoms with Crippen LogP contribution in [0.4, 0.5) is 4.39 Å². The van der Waals surface area contributed by atoms with Crippen LogP contribution in [0.25, 0.3) is 0 Å². The van der Waals surface area contributed by atoms with Gasteiger partial charge in [-0.05, 0) is 18.6 Å². The Kier molecular flexibility index (Phi) is 5.34. The molecule has 0 bridgehead atoms. The van der Waals surface area contributed by atoms with E-state index in [4.69, 9.17) is 10.5 Å². The Labute approximate surface area is 82.5 Å². The van der Waals surface area contributed by atoms with E-state index < -0.39 is 5.82 Å². The fraction of sp³-hybridized carbons (Fsp3) is 0.375. The summed E-state index contributed by atoms with van der Waals surface area (Å²) in [4.78, 5) is 3.76. The molecule has 1 heterocycles. The van der Waals surface area contributed by atoms with Crippen LogP contribution in [0.1, 0.15) is 12.5 Å². The first-order chi connectivity index (χ1) is 5.77. The van der Waals surface area contributed by atoms with Gasteiger partial charge in [0.1, 0.15) is 0 Å². The first-order valence-corrected chi connectivity index (χ1v) is 3.75. The third kappa shape index (κ3) is 3.16. The monoisotopic (exact) mass is 206 g/mol. The molecule has 0 spiro atoms. The van der Waals surface area contributed by atoms with E-state index in [0.29, 0.717) is 12.2 Å². The fourth-order valence-electron chi connectivity index (χ4n) is 0.820. The van der Waals surface area contributed by atoms with Gasteiger partial charge in [0.05, 0.1) is 6.61 Å². The van der Waals surface area contributed by atoms with Gasteiger partial charge in [0.15, 0.2) is 5.82 Å². The highest BCUT2D eigenvalue weighted by atomic mass is 35.5. The summed E-state index contributed by atoms with van der Waals surface area (Å²) >= 11 is 0. The van der Waals surface area contributed by atoms with Crippen LogP contribution in [0.15, 0.2) is 12.3 Å². The Morgan fingerprint density at radius 1 is 1.62 bits per heavy atom. The second-order valence-electron chi connectivity index (χ2n) is 2.27. The third-order valence-electron chi connectivity index (χ3n) is 1.38. The van der Waals surface area contributed by atoms with Crippen LogP contribution in [-0.4, -0.2) is 11.6 Å². The van der Waals surface area contributed by atoms with Crippen LogP contribution in [0.3, 0.4) is 0 Å². The maximum atomic E-state index is 13.0. The van der Waals surface area contributed by atoms with E-state index in [-0.39, 0.29) is 24.8 Å². The Hall–Kier alpha value is -0.870. The summed E-state index contributed by atoms with van der Waals surface area (Å²) in [6.45, 7) is 2.47. The molecule has 74 valence electrons. The van der Waals surface area contributed by atoms with Gasteiger partial charge in [-0.15, -0.1) is 12.4 Å². The quantitative estimate of drug-likeness (QED) is 0.816. The van der Waals surface area contributed by atoms with Crippen molar-refractivity contribution in [2.45, 2.75) is 13.5 Å². The van der Waals surface area contributed by atoms with E-state index >= 15 is 0 Å². The number of pyridine rings is 1. The van der Waals surface area contributed by atoms with Crippen LogP contribution >= 0.6 is 12.4 Å². The molecule has 1 rings (SSSR count). The maximum Gasteiger partial charge on any atom is 0.250 e. The van der Waals surface area contributed by atoms with Crippen molar-refractivity contribution in [2.75, 3.05) is 6.61 Å². The molecule has 0 radical (unpaired) electrons. The predicted octanol–water partition coefficient (Wildman–Crippen LogP) is 1.50. The number of hydrogen-bond acceptors (Lipinski definition) is 3. The van der Waals surface area contributed by atoms with E-state index in [1.54, 1.807) is 6.92 Å². The van der Waals surface area contributed by atoms with E-state index in [1.807, 2.05) is 0 Å². The minimum Gasteiger partial charge on any atom is -0.476 e. The molecule has 1 aromatic rings. The highest BCUT2D eigenvalue weighted by molar-refractivity contribution is 5.85. The largest absolute Gasteiger partial charge is 0.476 e. The molecule has 0 saturated heterocycles. The molecule has 2 N–H and O–H groups in total. The van der Waals surface area contributed by atoms with E-state index in [9.17, 15) is 4.39 Å². The number of hydrogen-bond donors (Lipinski definition) is 1. The lowest BCUT2D eigenvalue weighted by molar-refractivity contribution is 0.307. The topological polar surface area (TPSA) is 48.1 Å². The Morgan fingerprint density at radius 2 is 2.31 bits per heavy atom. The van der Waals surface area contributed by atoms with Gasteiger partial charge in [0.2, 0.25) is 5.88 Å². The highest BCUT2D eigenvalue weighted by Crippen LogP contribution is 2.13. The lowest BCUT2D eigenvalue weighted by Gasteiger charge is -2.03. The van der Waals surface area contributed by atoms with Crippen molar-refractivity contribution in [1.29, 1.82) is 0 Å². The van der Waals surface area contributed by atoms with Crippen LogP contribution in [0.2, 0.25) is 0 Å². The summed E-state index contributed by atoms with van der Waals surface area (Å²) in [6.07, 6.45) is 1.51. The van der Waals surface area contributed by atoms with Crippen LogP contribution in [0.5, 0.6) is 5.88 Å². The van der Waals surface area contributed by atoms with Crippen molar-refractivity contribution >= 4 is 12.4 Å². The average Bonchev–Trinajstić information content (AvgIpc) is 2.09. The third-order valence-corrected chi connectivity index (χ3v) is 1.38. The molecule has 0 aromatic carbocycles. The molecule has 0 amide bonds. The second kappa shape index (κ2) is 5.72. The molecule has 0 atom stereocenters. The van der Waals surface area contributed by atoms with Gasteiger partial charge < -0.3 is 10.5 Å². The zero-order chi connectivity index (χ0) is 8.97. The van der Waals surface area contributed by atoms with Gasteiger partial charge in [-0.25, -0.2) is 9.37 Å². The molecule has 1 aromatic heterocycles. The molecule has 0 fully saturated rings. The van der Waals surface area contributed by atoms with Crippen molar-refractivity contribution in [1.82, 2.24) is 4.98 Å². The SMILES string of the molecule is CCOc1ncc(CN)cc1F.Cl. The van der Waals surface area contributed by atoms with Crippen molar-refractivity contribution in [3.05, 3.63) is 23.6 Å². The number of nitrogens with zero attached hydrogens (tertiary/aromatic N) is 1. The minimum absolute atomic E-state index is 0. The van der Waals surface area contributed by atoms with Crippen molar-refractivity contribution in [3.63, 3.8) is 0 Å². The van der Waals surface area contributed by atoms with Crippen LogP contribution in [-0.2, 0) is 6.54 Å². The molecule has 3 nitrogen and oxygen atoms in total. The number of rotatable bonds is 3. The second-order valence-corrected chi connectivity index (χ2v) is 2.27. The van der Waals surface area contributed by atoms with Gasteiger partial charge in [-0.1, -0.05) is 0 Å². The van der Waals surface area contributed by atoms with E-state index in [1.165, 1.54) is 12.3 Å². The van der Waals surface area contributed by atoms with Gasteiger partial charge >= 0.3 is 0 Å². The molecule has 5 heteroatoms. The maximum absolute atomic E-state index is 13.0. The summed E-state index contributed by atoms with van der Waals surface area (Å²) in [7, 11) is 0.